The van der Waals surface area contributed by atoms with E-state index in [4.69, 9.17) is 16.3 Å². The Morgan fingerprint density at radius 3 is 2.21 bits per heavy atom. The number of hydrogen-bond acceptors (Lipinski definition) is 1. The molecule has 0 bridgehead atoms. The zero-order valence-corrected chi connectivity index (χ0v) is 11.6. The molecule has 0 aromatic heterocycles. The summed E-state index contributed by atoms with van der Waals surface area (Å²) in [5.41, 5.74) is -1.33. The second-order valence-corrected chi connectivity index (χ2v) is 5.77. The molecule has 0 amide bonds. The van der Waals surface area contributed by atoms with E-state index in [9.17, 15) is 17.6 Å². The van der Waals surface area contributed by atoms with E-state index >= 15 is 0 Å². The second-order valence-electron chi connectivity index (χ2n) is 5.39. The number of alkyl halides is 3. The van der Waals surface area contributed by atoms with Crippen LogP contribution in [-0.4, -0.2) is 6.61 Å². The van der Waals surface area contributed by atoms with Crippen LogP contribution in [0.15, 0.2) is 12.1 Å². The predicted molar refractivity (Wildman–Crippen MR) is 66.0 cm³/mol. The van der Waals surface area contributed by atoms with Crippen LogP contribution in [0.3, 0.4) is 0 Å². The number of hydrogen-bond donors (Lipinski definition) is 0. The molecule has 1 rings (SSSR count). The summed E-state index contributed by atoms with van der Waals surface area (Å²) in [5, 5.41) is -0.958. The fourth-order valence-electron chi connectivity index (χ4n) is 1.38. The third kappa shape index (κ3) is 4.56. The van der Waals surface area contributed by atoms with Crippen molar-refractivity contribution < 1.29 is 22.3 Å². The zero-order chi connectivity index (χ0) is 14.8. The number of ether oxygens (including phenoxy) is 1. The van der Waals surface area contributed by atoms with Gasteiger partial charge in [0.05, 0.1) is 11.6 Å². The monoisotopic (exact) mass is 298 g/mol. The maximum Gasteiger partial charge on any atom is 0.421 e. The van der Waals surface area contributed by atoms with Gasteiger partial charge in [0.2, 0.25) is 0 Å². The van der Waals surface area contributed by atoms with Crippen LogP contribution in [0.25, 0.3) is 0 Å². The van der Waals surface area contributed by atoms with Gasteiger partial charge in [0.1, 0.15) is 17.1 Å². The van der Waals surface area contributed by atoms with Crippen LogP contribution in [0.2, 0.25) is 5.02 Å². The Hall–Kier alpha value is -0.970. The Morgan fingerprint density at radius 1 is 1.16 bits per heavy atom. The summed E-state index contributed by atoms with van der Waals surface area (Å²) in [6.07, 6.45) is -4.18. The highest BCUT2D eigenvalue weighted by atomic mass is 35.5. The molecule has 0 N–H and O–H groups in total. The topological polar surface area (TPSA) is 9.23 Å². The molecule has 0 saturated heterocycles. The summed E-state index contributed by atoms with van der Waals surface area (Å²) in [5.74, 6) is -1.56. The normalized spacial score (nSPS) is 12.6. The first-order chi connectivity index (χ1) is 8.52. The van der Waals surface area contributed by atoms with Crippen molar-refractivity contribution in [1.82, 2.24) is 0 Å². The Kier molecular flexibility index (Phi) is 4.72. The van der Waals surface area contributed by atoms with Crippen molar-refractivity contribution in [2.45, 2.75) is 33.4 Å². The van der Waals surface area contributed by atoms with Crippen molar-refractivity contribution in [2.24, 2.45) is 5.41 Å². The van der Waals surface area contributed by atoms with Gasteiger partial charge in [-0.25, -0.2) is 4.39 Å². The summed E-state index contributed by atoms with van der Waals surface area (Å²) in [7, 11) is 0. The van der Waals surface area contributed by atoms with Gasteiger partial charge in [-0.15, -0.1) is 0 Å². The van der Waals surface area contributed by atoms with Crippen LogP contribution in [0.5, 0.6) is 5.75 Å². The molecule has 0 aliphatic carbocycles. The average Bonchev–Trinajstić information content (AvgIpc) is 2.19. The molecular weight excluding hydrogens is 284 g/mol. The predicted octanol–water partition coefficient (Wildman–Crippen LogP) is 5.31. The van der Waals surface area contributed by atoms with E-state index in [-0.39, 0.29) is 12.0 Å². The van der Waals surface area contributed by atoms with Crippen molar-refractivity contribution >= 4 is 11.6 Å². The molecule has 6 heteroatoms. The maximum atomic E-state index is 13.1. The van der Waals surface area contributed by atoms with Crippen LogP contribution < -0.4 is 4.74 Å². The minimum atomic E-state index is -4.75. The van der Waals surface area contributed by atoms with Gasteiger partial charge in [-0.3, -0.25) is 0 Å². The first-order valence-electron chi connectivity index (χ1n) is 5.70. The van der Waals surface area contributed by atoms with Gasteiger partial charge in [0.15, 0.2) is 0 Å². The van der Waals surface area contributed by atoms with E-state index in [1.807, 2.05) is 20.8 Å². The highest BCUT2D eigenvalue weighted by molar-refractivity contribution is 6.31. The average molecular weight is 299 g/mol. The minimum Gasteiger partial charge on any atom is -0.493 e. The molecule has 0 heterocycles. The lowest BCUT2D eigenvalue weighted by molar-refractivity contribution is -0.139. The smallest absolute Gasteiger partial charge is 0.421 e. The highest BCUT2D eigenvalue weighted by Crippen LogP contribution is 2.42. The number of benzene rings is 1. The molecule has 1 aromatic carbocycles. The first kappa shape index (κ1) is 16.1. The third-order valence-electron chi connectivity index (χ3n) is 2.45. The van der Waals surface area contributed by atoms with Crippen molar-refractivity contribution in [1.29, 1.82) is 0 Å². The Bertz CT molecular complexity index is 449. The molecule has 0 aliphatic heterocycles. The van der Waals surface area contributed by atoms with Crippen LogP contribution in [0.1, 0.15) is 32.8 Å². The van der Waals surface area contributed by atoms with Crippen molar-refractivity contribution in [3.05, 3.63) is 28.5 Å². The Morgan fingerprint density at radius 2 is 1.74 bits per heavy atom. The third-order valence-corrected chi connectivity index (χ3v) is 2.82. The summed E-state index contributed by atoms with van der Waals surface area (Å²) in [4.78, 5) is 0. The molecular formula is C13H15ClF4O. The first-order valence-corrected chi connectivity index (χ1v) is 6.08. The standard InChI is InChI=1S/C13H15ClF4O/c1-12(2,3)6-7-19-9-5-4-8(15)11(14)10(9)13(16,17)18/h4-5H,6-7H2,1-3H3. The zero-order valence-electron chi connectivity index (χ0n) is 10.9. The molecule has 0 fully saturated rings. The molecule has 0 saturated carbocycles. The molecule has 108 valence electrons. The van der Waals surface area contributed by atoms with Gasteiger partial charge < -0.3 is 4.74 Å². The van der Waals surface area contributed by atoms with Crippen LogP contribution in [0.4, 0.5) is 17.6 Å². The molecule has 1 aromatic rings. The van der Waals surface area contributed by atoms with Gasteiger partial charge in [-0.1, -0.05) is 32.4 Å². The quantitative estimate of drug-likeness (QED) is 0.687. The summed E-state index contributed by atoms with van der Waals surface area (Å²) in [6.45, 7) is 5.94. The molecule has 1 nitrogen and oxygen atoms in total. The van der Waals surface area contributed by atoms with Crippen LogP contribution >= 0.6 is 11.6 Å². The Balaban J connectivity index is 2.99. The molecule has 0 unspecified atom stereocenters. The van der Waals surface area contributed by atoms with Gasteiger partial charge in [0.25, 0.3) is 0 Å². The fourth-order valence-corrected chi connectivity index (χ4v) is 1.65. The van der Waals surface area contributed by atoms with Gasteiger partial charge >= 0.3 is 6.18 Å². The fraction of sp³-hybridized carbons (Fsp3) is 0.538. The largest absolute Gasteiger partial charge is 0.493 e. The molecule has 0 radical (unpaired) electrons. The lowest BCUT2D eigenvalue weighted by Gasteiger charge is -2.20. The molecule has 19 heavy (non-hydrogen) atoms. The van der Waals surface area contributed by atoms with Gasteiger partial charge in [-0.2, -0.15) is 13.2 Å². The number of rotatable bonds is 3. The lowest BCUT2D eigenvalue weighted by atomic mass is 9.93. The molecule has 0 spiro atoms. The number of halogens is 5. The second kappa shape index (κ2) is 5.57. The Labute approximate surface area is 114 Å². The van der Waals surface area contributed by atoms with Gasteiger partial charge in [0, 0.05) is 0 Å². The van der Waals surface area contributed by atoms with Crippen molar-refractivity contribution in [3.8, 4) is 5.75 Å². The highest BCUT2D eigenvalue weighted by Gasteiger charge is 2.38. The van der Waals surface area contributed by atoms with Crippen molar-refractivity contribution in [2.75, 3.05) is 6.61 Å². The lowest BCUT2D eigenvalue weighted by Crippen LogP contribution is -2.14. The molecule has 0 aliphatic rings. The minimum absolute atomic E-state index is 0.0672. The van der Waals surface area contributed by atoms with E-state index in [2.05, 4.69) is 0 Å². The SMILES string of the molecule is CC(C)(C)CCOc1ccc(F)c(Cl)c1C(F)(F)F. The van der Waals surface area contributed by atoms with E-state index in [0.29, 0.717) is 6.42 Å². The van der Waals surface area contributed by atoms with Crippen LogP contribution in [-0.2, 0) is 6.18 Å². The summed E-state index contributed by atoms with van der Waals surface area (Å²) < 4.78 is 56.7. The van der Waals surface area contributed by atoms with E-state index in [0.717, 1.165) is 12.1 Å². The van der Waals surface area contributed by atoms with E-state index in [1.54, 1.807) is 0 Å². The maximum absolute atomic E-state index is 13.1. The van der Waals surface area contributed by atoms with E-state index in [1.165, 1.54) is 0 Å². The summed E-state index contributed by atoms with van der Waals surface area (Å²) >= 11 is 5.38. The van der Waals surface area contributed by atoms with Crippen LogP contribution in [0, 0.1) is 11.2 Å². The molecule has 0 atom stereocenters. The van der Waals surface area contributed by atoms with Gasteiger partial charge in [-0.05, 0) is 24.0 Å². The summed E-state index contributed by atoms with van der Waals surface area (Å²) in [6, 6.07) is 1.82. The van der Waals surface area contributed by atoms with E-state index < -0.39 is 28.3 Å². The van der Waals surface area contributed by atoms with Crippen molar-refractivity contribution in [3.63, 3.8) is 0 Å².